The summed E-state index contributed by atoms with van der Waals surface area (Å²) in [6, 6.07) is 3.65. The normalized spacial score (nSPS) is 9.69. The summed E-state index contributed by atoms with van der Waals surface area (Å²) in [7, 11) is 3.76. The average Bonchev–Trinajstić information content (AvgIpc) is 2.03. The number of amides is 1. The third-order valence-corrected chi connectivity index (χ3v) is 1.66. The molecule has 0 aliphatic heterocycles. The molecule has 4 nitrogen and oxygen atoms in total. The number of rotatable bonds is 3. The second-order valence-electron chi connectivity index (χ2n) is 3.02. The Labute approximate surface area is 77.4 Å². The Kier molecular flexibility index (Phi) is 2.84. The van der Waals surface area contributed by atoms with Crippen LogP contribution in [0.15, 0.2) is 18.3 Å². The number of hydrogen-bond acceptors (Lipinski definition) is 3. The molecule has 1 rings (SSSR count). The van der Waals surface area contributed by atoms with Gasteiger partial charge in [0.25, 0.3) is 0 Å². The number of primary amides is 1. The fraction of sp³-hybridized carbons (Fsp3) is 0.333. The molecule has 0 atom stereocenters. The SMILES string of the molecule is CN(C)c1ncccc1CC(N)=O. The van der Waals surface area contributed by atoms with Crippen molar-refractivity contribution < 1.29 is 4.79 Å². The van der Waals surface area contributed by atoms with Crippen LogP contribution in [0.3, 0.4) is 0 Å². The summed E-state index contributed by atoms with van der Waals surface area (Å²) in [5, 5.41) is 0. The highest BCUT2D eigenvalue weighted by Crippen LogP contribution is 2.14. The number of carbonyl (C=O) groups is 1. The van der Waals surface area contributed by atoms with Crippen molar-refractivity contribution in [2.45, 2.75) is 6.42 Å². The highest BCUT2D eigenvalue weighted by Gasteiger charge is 2.06. The van der Waals surface area contributed by atoms with Crippen LogP contribution < -0.4 is 10.6 Å². The molecule has 1 heterocycles. The lowest BCUT2D eigenvalue weighted by Gasteiger charge is -2.14. The molecule has 4 heteroatoms. The highest BCUT2D eigenvalue weighted by molar-refractivity contribution is 5.78. The van der Waals surface area contributed by atoms with Crippen molar-refractivity contribution in [3.8, 4) is 0 Å². The van der Waals surface area contributed by atoms with E-state index in [1.165, 1.54) is 0 Å². The molecule has 70 valence electrons. The van der Waals surface area contributed by atoms with E-state index in [0.29, 0.717) is 0 Å². The van der Waals surface area contributed by atoms with Gasteiger partial charge in [0.15, 0.2) is 0 Å². The molecule has 1 aromatic rings. The van der Waals surface area contributed by atoms with Crippen LogP contribution in [-0.2, 0) is 11.2 Å². The predicted octanol–water partition coefficient (Wildman–Crippen LogP) is 0.175. The van der Waals surface area contributed by atoms with Gasteiger partial charge in [0.2, 0.25) is 5.91 Å². The summed E-state index contributed by atoms with van der Waals surface area (Å²) in [6.07, 6.45) is 1.93. The van der Waals surface area contributed by atoms with Crippen LogP contribution in [0.25, 0.3) is 0 Å². The van der Waals surface area contributed by atoms with Crippen LogP contribution in [0.2, 0.25) is 0 Å². The first kappa shape index (κ1) is 9.51. The summed E-state index contributed by atoms with van der Waals surface area (Å²) in [5.41, 5.74) is 5.97. The summed E-state index contributed by atoms with van der Waals surface area (Å²) in [5.74, 6) is 0.456. The van der Waals surface area contributed by atoms with Crippen LogP contribution in [0, 0.1) is 0 Å². The standard InChI is InChI=1S/C9H13N3O/c1-12(2)9-7(6-8(10)13)4-3-5-11-9/h3-5H,6H2,1-2H3,(H2,10,13). The van der Waals surface area contributed by atoms with Crippen LogP contribution in [0.1, 0.15) is 5.56 Å². The van der Waals surface area contributed by atoms with Crippen LogP contribution in [0.5, 0.6) is 0 Å². The lowest BCUT2D eigenvalue weighted by Crippen LogP contribution is -2.18. The second kappa shape index (κ2) is 3.89. The van der Waals surface area contributed by atoms with E-state index in [0.717, 1.165) is 11.4 Å². The summed E-state index contributed by atoms with van der Waals surface area (Å²) < 4.78 is 0. The second-order valence-corrected chi connectivity index (χ2v) is 3.02. The van der Waals surface area contributed by atoms with Gasteiger partial charge in [0.05, 0.1) is 6.42 Å². The number of pyridine rings is 1. The number of aromatic nitrogens is 1. The zero-order valence-corrected chi connectivity index (χ0v) is 7.82. The van der Waals surface area contributed by atoms with Crippen LogP contribution >= 0.6 is 0 Å². The van der Waals surface area contributed by atoms with E-state index in [1.54, 1.807) is 12.3 Å². The first-order chi connectivity index (χ1) is 6.11. The molecule has 0 bridgehead atoms. The van der Waals surface area contributed by atoms with E-state index in [4.69, 9.17) is 5.73 Å². The van der Waals surface area contributed by atoms with Gasteiger partial charge >= 0.3 is 0 Å². The molecular weight excluding hydrogens is 166 g/mol. The van der Waals surface area contributed by atoms with Gasteiger partial charge in [0.1, 0.15) is 5.82 Å². The fourth-order valence-electron chi connectivity index (χ4n) is 1.16. The molecule has 1 aromatic heterocycles. The Balaban J connectivity index is 2.97. The molecule has 0 saturated heterocycles. The molecule has 2 N–H and O–H groups in total. The van der Waals surface area contributed by atoms with Gasteiger partial charge in [-0.1, -0.05) is 6.07 Å². The number of nitrogens with two attached hydrogens (primary N) is 1. The Bertz CT molecular complexity index is 309. The van der Waals surface area contributed by atoms with E-state index in [1.807, 2.05) is 25.1 Å². The zero-order valence-electron chi connectivity index (χ0n) is 7.82. The summed E-state index contributed by atoms with van der Waals surface area (Å²) in [4.78, 5) is 16.7. The monoisotopic (exact) mass is 179 g/mol. The van der Waals surface area contributed by atoms with Gasteiger partial charge in [-0.3, -0.25) is 4.79 Å². The van der Waals surface area contributed by atoms with Crippen LogP contribution in [0.4, 0.5) is 5.82 Å². The van der Waals surface area contributed by atoms with Gasteiger partial charge < -0.3 is 10.6 Å². The minimum absolute atomic E-state index is 0.237. The van der Waals surface area contributed by atoms with Gasteiger partial charge in [-0.15, -0.1) is 0 Å². The maximum absolute atomic E-state index is 10.7. The van der Waals surface area contributed by atoms with Crippen molar-refractivity contribution in [2.24, 2.45) is 5.73 Å². The molecule has 0 spiro atoms. The van der Waals surface area contributed by atoms with E-state index in [2.05, 4.69) is 4.98 Å². The molecule has 0 aliphatic rings. The molecule has 0 saturated carbocycles. The maximum atomic E-state index is 10.7. The zero-order chi connectivity index (χ0) is 9.84. The maximum Gasteiger partial charge on any atom is 0.221 e. The lowest BCUT2D eigenvalue weighted by atomic mass is 10.2. The van der Waals surface area contributed by atoms with Crippen molar-refractivity contribution in [1.29, 1.82) is 0 Å². The molecule has 0 unspecified atom stereocenters. The van der Waals surface area contributed by atoms with E-state index in [-0.39, 0.29) is 12.3 Å². The van der Waals surface area contributed by atoms with Gasteiger partial charge in [0, 0.05) is 25.9 Å². The smallest absolute Gasteiger partial charge is 0.221 e. The third-order valence-electron chi connectivity index (χ3n) is 1.66. The molecule has 0 aliphatic carbocycles. The minimum Gasteiger partial charge on any atom is -0.369 e. The Morgan fingerprint density at radius 1 is 1.62 bits per heavy atom. The average molecular weight is 179 g/mol. The number of nitrogens with zero attached hydrogens (tertiary/aromatic N) is 2. The van der Waals surface area contributed by atoms with Crippen molar-refractivity contribution >= 4 is 11.7 Å². The Hall–Kier alpha value is -1.58. The lowest BCUT2D eigenvalue weighted by molar-refractivity contribution is -0.117. The molecule has 0 radical (unpaired) electrons. The number of carbonyl (C=O) groups excluding carboxylic acids is 1. The Morgan fingerprint density at radius 3 is 2.85 bits per heavy atom. The van der Waals surface area contributed by atoms with Crippen LogP contribution in [-0.4, -0.2) is 25.0 Å². The number of anilines is 1. The largest absolute Gasteiger partial charge is 0.369 e. The quantitative estimate of drug-likeness (QED) is 0.719. The molecule has 0 fully saturated rings. The third kappa shape index (κ3) is 2.43. The number of hydrogen-bond donors (Lipinski definition) is 1. The molecular formula is C9H13N3O. The topological polar surface area (TPSA) is 59.2 Å². The van der Waals surface area contributed by atoms with Gasteiger partial charge in [-0.25, -0.2) is 4.98 Å². The summed E-state index contributed by atoms with van der Waals surface area (Å²) >= 11 is 0. The molecule has 13 heavy (non-hydrogen) atoms. The van der Waals surface area contributed by atoms with E-state index < -0.39 is 0 Å². The van der Waals surface area contributed by atoms with Crippen molar-refractivity contribution in [1.82, 2.24) is 4.98 Å². The van der Waals surface area contributed by atoms with Crippen molar-refractivity contribution in [3.63, 3.8) is 0 Å². The van der Waals surface area contributed by atoms with Crippen molar-refractivity contribution in [3.05, 3.63) is 23.9 Å². The Morgan fingerprint density at radius 2 is 2.31 bits per heavy atom. The van der Waals surface area contributed by atoms with Gasteiger partial charge in [-0.05, 0) is 6.07 Å². The first-order valence-corrected chi connectivity index (χ1v) is 4.01. The van der Waals surface area contributed by atoms with Gasteiger partial charge in [-0.2, -0.15) is 0 Å². The minimum atomic E-state index is -0.337. The fourth-order valence-corrected chi connectivity index (χ4v) is 1.16. The van der Waals surface area contributed by atoms with E-state index >= 15 is 0 Å². The van der Waals surface area contributed by atoms with E-state index in [9.17, 15) is 4.79 Å². The highest BCUT2D eigenvalue weighted by atomic mass is 16.1. The summed E-state index contributed by atoms with van der Waals surface area (Å²) in [6.45, 7) is 0. The molecule has 0 aromatic carbocycles. The van der Waals surface area contributed by atoms with Crippen molar-refractivity contribution in [2.75, 3.05) is 19.0 Å². The predicted molar refractivity (Wildman–Crippen MR) is 51.5 cm³/mol. The molecule has 1 amide bonds. The first-order valence-electron chi connectivity index (χ1n) is 4.01.